The molecule has 1 aromatic rings. The van der Waals surface area contributed by atoms with E-state index in [9.17, 15) is 9.90 Å². The van der Waals surface area contributed by atoms with Crippen LogP contribution in [0.3, 0.4) is 0 Å². The number of carbonyl (C=O) groups excluding carboxylic acids is 1. The molecule has 22 heavy (non-hydrogen) atoms. The number of carbonyl (C=O) groups is 1. The smallest absolute Gasteiger partial charge is 0.252 e. The molecule has 0 bridgehead atoms. The van der Waals surface area contributed by atoms with Crippen LogP contribution in [0.25, 0.3) is 0 Å². The lowest BCUT2D eigenvalue weighted by atomic mass is 9.99. The zero-order valence-electron chi connectivity index (χ0n) is 12.5. The van der Waals surface area contributed by atoms with Crippen molar-refractivity contribution in [3.63, 3.8) is 0 Å². The van der Waals surface area contributed by atoms with E-state index in [1.54, 1.807) is 18.3 Å². The SMILES string of the molecule is NC(=O)c1cccnc1N1CC[C@@H](N2CCOCC2)[C@H](O)C1. The molecule has 120 valence electrons. The van der Waals surface area contributed by atoms with Crippen molar-refractivity contribution >= 4 is 11.7 Å². The van der Waals surface area contributed by atoms with Gasteiger partial charge in [0.25, 0.3) is 5.91 Å². The maximum Gasteiger partial charge on any atom is 0.252 e. The fraction of sp³-hybridized carbons (Fsp3) is 0.600. The van der Waals surface area contributed by atoms with E-state index >= 15 is 0 Å². The highest BCUT2D eigenvalue weighted by Crippen LogP contribution is 2.24. The number of β-amino-alcohol motifs (C(OH)–C–C–N with tert-alkyl or cyclic N) is 1. The predicted octanol–water partition coefficient (Wildman–Crippen LogP) is -0.548. The third-order valence-corrected chi connectivity index (χ3v) is 4.41. The minimum Gasteiger partial charge on any atom is -0.390 e. The lowest BCUT2D eigenvalue weighted by Crippen LogP contribution is -2.57. The van der Waals surface area contributed by atoms with Crippen LogP contribution in [0, 0.1) is 0 Å². The Morgan fingerprint density at radius 2 is 2.14 bits per heavy atom. The van der Waals surface area contributed by atoms with Crippen molar-refractivity contribution < 1.29 is 14.6 Å². The number of ether oxygens (including phenoxy) is 1. The first-order valence-electron chi connectivity index (χ1n) is 7.66. The monoisotopic (exact) mass is 306 g/mol. The molecule has 0 spiro atoms. The van der Waals surface area contributed by atoms with Crippen LogP contribution in [-0.2, 0) is 4.74 Å². The average Bonchev–Trinajstić information content (AvgIpc) is 2.55. The van der Waals surface area contributed by atoms with Crippen LogP contribution in [0.15, 0.2) is 18.3 Å². The number of amides is 1. The van der Waals surface area contributed by atoms with Gasteiger partial charge in [0.05, 0.1) is 24.9 Å². The minimum atomic E-state index is -0.493. The van der Waals surface area contributed by atoms with Gasteiger partial charge in [-0.1, -0.05) is 0 Å². The third kappa shape index (κ3) is 3.06. The number of nitrogens with two attached hydrogens (primary N) is 1. The van der Waals surface area contributed by atoms with Crippen molar-refractivity contribution in [2.24, 2.45) is 5.73 Å². The summed E-state index contributed by atoms with van der Waals surface area (Å²) in [6, 6.07) is 3.51. The van der Waals surface area contributed by atoms with Crippen LogP contribution in [-0.4, -0.2) is 72.4 Å². The van der Waals surface area contributed by atoms with Gasteiger partial charge in [-0.3, -0.25) is 9.69 Å². The number of rotatable bonds is 3. The number of anilines is 1. The average molecular weight is 306 g/mol. The molecule has 2 atom stereocenters. The van der Waals surface area contributed by atoms with E-state index in [1.807, 2.05) is 4.90 Å². The van der Waals surface area contributed by atoms with Gasteiger partial charge in [-0.15, -0.1) is 0 Å². The summed E-state index contributed by atoms with van der Waals surface area (Å²) >= 11 is 0. The molecule has 2 aliphatic rings. The second kappa shape index (κ2) is 6.60. The number of aliphatic hydroxyl groups excluding tert-OH is 1. The highest BCUT2D eigenvalue weighted by atomic mass is 16.5. The first-order chi connectivity index (χ1) is 10.7. The molecule has 0 aliphatic carbocycles. The molecule has 1 aromatic heterocycles. The number of aliphatic hydroxyl groups is 1. The lowest BCUT2D eigenvalue weighted by Gasteiger charge is -2.43. The molecule has 7 heteroatoms. The summed E-state index contributed by atoms with van der Waals surface area (Å²) in [6.07, 6.45) is 1.99. The van der Waals surface area contributed by atoms with Crippen LogP contribution in [0.4, 0.5) is 5.82 Å². The Bertz CT molecular complexity index is 533. The zero-order valence-corrected chi connectivity index (χ0v) is 12.5. The van der Waals surface area contributed by atoms with Gasteiger partial charge < -0.3 is 20.5 Å². The van der Waals surface area contributed by atoms with Gasteiger partial charge in [-0.25, -0.2) is 4.98 Å². The van der Waals surface area contributed by atoms with Gasteiger partial charge >= 0.3 is 0 Å². The number of piperidine rings is 1. The number of nitrogens with zero attached hydrogens (tertiary/aromatic N) is 3. The Morgan fingerprint density at radius 3 is 2.82 bits per heavy atom. The topological polar surface area (TPSA) is 91.9 Å². The summed E-state index contributed by atoms with van der Waals surface area (Å²) in [7, 11) is 0. The van der Waals surface area contributed by atoms with E-state index in [-0.39, 0.29) is 6.04 Å². The maximum absolute atomic E-state index is 11.5. The summed E-state index contributed by atoms with van der Waals surface area (Å²) in [5.74, 6) is 0.0716. The third-order valence-electron chi connectivity index (χ3n) is 4.41. The van der Waals surface area contributed by atoms with Crippen molar-refractivity contribution in [3.05, 3.63) is 23.9 Å². The number of primary amides is 1. The molecule has 0 radical (unpaired) electrons. The van der Waals surface area contributed by atoms with Crippen molar-refractivity contribution in [2.75, 3.05) is 44.3 Å². The molecule has 7 nitrogen and oxygen atoms in total. The largest absolute Gasteiger partial charge is 0.390 e. The van der Waals surface area contributed by atoms with E-state index in [2.05, 4.69) is 9.88 Å². The van der Waals surface area contributed by atoms with Gasteiger partial charge in [-0.2, -0.15) is 0 Å². The van der Waals surface area contributed by atoms with Gasteiger partial charge in [0.2, 0.25) is 0 Å². The number of aromatic nitrogens is 1. The van der Waals surface area contributed by atoms with Crippen molar-refractivity contribution in [1.82, 2.24) is 9.88 Å². The zero-order chi connectivity index (χ0) is 15.5. The summed E-state index contributed by atoms with van der Waals surface area (Å²) < 4.78 is 5.36. The van der Waals surface area contributed by atoms with Gasteiger partial charge in [0.1, 0.15) is 5.82 Å². The first-order valence-corrected chi connectivity index (χ1v) is 7.66. The number of hydrogen-bond donors (Lipinski definition) is 2. The van der Waals surface area contributed by atoms with Crippen LogP contribution >= 0.6 is 0 Å². The fourth-order valence-electron chi connectivity index (χ4n) is 3.29. The molecule has 3 N–H and O–H groups in total. The van der Waals surface area contributed by atoms with Gasteiger partial charge in [0, 0.05) is 38.4 Å². The quantitative estimate of drug-likeness (QED) is 0.779. The molecule has 3 heterocycles. The molecule has 2 aliphatic heterocycles. The summed E-state index contributed by atoms with van der Waals surface area (Å²) in [4.78, 5) is 20.0. The standard InChI is InChI=1S/C15H22N4O3/c16-14(21)11-2-1-4-17-15(11)19-5-3-12(13(20)10-19)18-6-8-22-9-7-18/h1-2,4,12-13,20H,3,5-10H2,(H2,16,21)/t12-,13-/m1/s1. The van der Waals surface area contributed by atoms with Crippen molar-refractivity contribution in [3.8, 4) is 0 Å². The molecule has 0 saturated carbocycles. The summed E-state index contributed by atoms with van der Waals surface area (Å²) in [5.41, 5.74) is 5.81. The molecular formula is C15H22N4O3. The Hall–Kier alpha value is -1.70. The Kier molecular flexibility index (Phi) is 4.56. The Labute approximate surface area is 129 Å². The summed E-state index contributed by atoms with van der Waals surface area (Å²) in [6.45, 7) is 4.36. The lowest BCUT2D eigenvalue weighted by molar-refractivity contribution is -0.0274. The molecule has 0 unspecified atom stereocenters. The number of morpholine rings is 1. The highest BCUT2D eigenvalue weighted by molar-refractivity contribution is 5.97. The predicted molar refractivity (Wildman–Crippen MR) is 81.8 cm³/mol. The summed E-state index contributed by atoms with van der Waals surface area (Å²) in [5, 5.41) is 10.5. The second-order valence-corrected chi connectivity index (χ2v) is 5.76. The Morgan fingerprint density at radius 1 is 1.36 bits per heavy atom. The molecule has 3 rings (SSSR count). The van der Waals surface area contributed by atoms with Gasteiger partial charge in [-0.05, 0) is 18.6 Å². The normalized spacial score (nSPS) is 26.9. The molecule has 2 saturated heterocycles. The molecule has 0 aromatic carbocycles. The maximum atomic E-state index is 11.5. The highest BCUT2D eigenvalue weighted by Gasteiger charge is 2.34. The Balaban J connectivity index is 1.71. The van der Waals surface area contributed by atoms with E-state index in [0.717, 1.165) is 39.3 Å². The van der Waals surface area contributed by atoms with Crippen LogP contribution in [0.2, 0.25) is 0 Å². The second-order valence-electron chi connectivity index (χ2n) is 5.76. The van der Waals surface area contributed by atoms with Crippen LogP contribution in [0.1, 0.15) is 16.8 Å². The van der Waals surface area contributed by atoms with Crippen molar-refractivity contribution in [2.45, 2.75) is 18.6 Å². The van der Waals surface area contributed by atoms with E-state index in [0.29, 0.717) is 17.9 Å². The molecule has 1 amide bonds. The van der Waals surface area contributed by atoms with Gasteiger partial charge in [0.15, 0.2) is 0 Å². The van der Waals surface area contributed by atoms with E-state index in [1.165, 1.54) is 0 Å². The van der Waals surface area contributed by atoms with Crippen molar-refractivity contribution in [1.29, 1.82) is 0 Å². The molecular weight excluding hydrogens is 284 g/mol. The first kappa shape index (κ1) is 15.2. The van der Waals surface area contributed by atoms with Crippen LogP contribution < -0.4 is 10.6 Å². The van der Waals surface area contributed by atoms with Crippen LogP contribution in [0.5, 0.6) is 0 Å². The number of hydrogen-bond acceptors (Lipinski definition) is 6. The number of pyridine rings is 1. The van der Waals surface area contributed by atoms with E-state index < -0.39 is 12.0 Å². The minimum absolute atomic E-state index is 0.140. The fourth-order valence-corrected chi connectivity index (χ4v) is 3.29. The van der Waals surface area contributed by atoms with E-state index in [4.69, 9.17) is 10.5 Å². The molecule has 2 fully saturated rings.